The molecule has 150 valence electrons. The van der Waals surface area contributed by atoms with Crippen molar-refractivity contribution in [2.24, 2.45) is 0 Å². The van der Waals surface area contributed by atoms with E-state index in [-0.39, 0.29) is 6.79 Å². The first-order chi connectivity index (χ1) is 14.8. The molecule has 0 saturated heterocycles. The van der Waals surface area contributed by atoms with Gasteiger partial charge >= 0.3 is 0 Å². The van der Waals surface area contributed by atoms with Crippen LogP contribution in [-0.4, -0.2) is 24.9 Å². The van der Waals surface area contributed by atoms with Gasteiger partial charge in [0.1, 0.15) is 18.2 Å². The first-order valence-electron chi connectivity index (χ1n) is 9.79. The topological polar surface area (TPSA) is 78.6 Å². The monoisotopic (exact) mass is 399 g/mol. The van der Waals surface area contributed by atoms with E-state index in [2.05, 4.69) is 22.4 Å². The van der Waals surface area contributed by atoms with E-state index in [9.17, 15) is 0 Å². The van der Waals surface area contributed by atoms with Gasteiger partial charge in [-0.3, -0.25) is 0 Å². The zero-order valence-corrected chi connectivity index (χ0v) is 16.3. The standard InChI is InChI=1S/C24H21N3O3/c25-24-7-3-6-20(27-24)18-9-11-21(19-5-2-1-4-17(18)19)28-13-12-26-16-8-10-22-23(14-16)30-15-29-22/h1-11,14,26H,12-13,15H2,(H2,25,27). The molecule has 0 saturated carbocycles. The molecule has 0 amide bonds. The predicted molar refractivity (Wildman–Crippen MR) is 118 cm³/mol. The van der Waals surface area contributed by atoms with Crippen molar-refractivity contribution in [2.75, 3.05) is 31.0 Å². The average molecular weight is 399 g/mol. The third-order valence-corrected chi connectivity index (χ3v) is 4.99. The number of hydrogen-bond acceptors (Lipinski definition) is 6. The van der Waals surface area contributed by atoms with E-state index in [0.29, 0.717) is 19.0 Å². The van der Waals surface area contributed by atoms with Crippen LogP contribution in [0.3, 0.4) is 0 Å². The minimum Gasteiger partial charge on any atom is -0.491 e. The van der Waals surface area contributed by atoms with Crippen LogP contribution in [-0.2, 0) is 0 Å². The zero-order chi connectivity index (χ0) is 20.3. The van der Waals surface area contributed by atoms with Gasteiger partial charge in [0.15, 0.2) is 11.5 Å². The molecular formula is C24H21N3O3. The molecule has 1 aromatic heterocycles. The Morgan fingerprint density at radius 2 is 1.77 bits per heavy atom. The number of pyridine rings is 1. The van der Waals surface area contributed by atoms with E-state index in [1.165, 1.54) is 0 Å². The molecule has 1 aliphatic rings. The Kier molecular flexibility index (Phi) is 4.73. The van der Waals surface area contributed by atoms with Gasteiger partial charge in [0.05, 0.1) is 5.69 Å². The first kappa shape index (κ1) is 18.1. The van der Waals surface area contributed by atoms with Crippen molar-refractivity contribution in [3.05, 3.63) is 72.8 Å². The third kappa shape index (κ3) is 3.55. The molecule has 5 rings (SSSR count). The highest BCUT2D eigenvalue weighted by molar-refractivity contribution is 5.99. The van der Waals surface area contributed by atoms with Crippen molar-refractivity contribution >= 4 is 22.3 Å². The number of benzene rings is 3. The highest BCUT2D eigenvalue weighted by atomic mass is 16.7. The van der Waals surface area contributed by atoms with E-state index in [0.717, 1.165) is 45.0 Å². The maximum Gasteiger partial charge on any atom is 0.231 e. The summed E-state index contributed by atoms with van der Waals surface area (Å²) >= 11 is 0. The van der Waals surface area contributed by atoms with Crippen molar-refractivity contribution < 1.29 is 14.2 Å². The molecule has 30 heavy (non-hydrogen) atoms. The molecule has 1 aliphatic heterocycles. The molecule has 0 radical (unpaired) electrons. The average Bonchev–Trinajstić information content (AvgIpc) is 3.24. The van der Waals surface area contributed by atoms with Gasteiger partial charge in [0.25, 0.3) is 0 Å². The second kappa shape index (κ2) is 7.83. The normalized spacial score (nSPS) is 12.1. The Balaban J connectivity index is 1.31. The number of fused-ring (bicyclic) bond motifs is 2. The summed E-state index contributed by atoms with van der Waals surface area (Å²) in [5.74, 6) is 2.88. The first-order valence-corrected chi connectivity index (χ1v) is 9.79. The predicted octanol–water partition coefficient (Wildman–Crippen LogP) is 4.70. The number of ether oxygens (including phenoxy) is 3. The Hall–Kier alpha value is -3.93. The lowest BCUT2D eigenvalue weighted by Gasteiger charge is -2.13. The fourth-order valence-corrected chi connectivity index (χ4v) is 3.58. The lowest BCUT2D eigenvalue weighted by atomic mass is 10.0. The number of nitrogen functional groups attached to an aromatic ring is 1. The Labute approximate surface area is 174 Å². The van der Waals surface area contributed by atoms with Gasteiger partial charge in [0, 0.05) is 29.2 Å². The SMILES string of the molecule is Nc1cccc(-c2ccc(OCCNc3ccc4c(c3)OCO4)c3ccccc23)n1. The van der Waals surface area contributed by atoms with Crippen molar-refractivity contribution in [3.8, 4) is 28.5 Å². The van der Waals surface area contributed by atoms with Crippen molar-refractivity contribution in [1.82, 2.24) is 4.98 Å². The second-order valence-corrected chi connectivity index (χ2v) is 6.95. The molecule has 2 heterocycles. The van der Waals surface area contributed by atoms with E-state index in [1.807, 2.05) is 54.6 Å². The van der Waals surface area contributed by atoms with Crippen LogP contribution >= 0.6 is 0 Å². The van der Waals surface area contributed by atoms with Crippen molar-refractivity contribution in [2.45, 2.75) is 0 Å². The molecule has 6 heteroatoms. The molecule has 0 spiro atoms. The van der Waals surface area contributed by atoms with Crippen LogP contribution in [0.15, 0.2) is 72.8 Å². The zero-order valence-electron chi connectivity index (χ0n) is 16.3. The summed E-state index contributed by atoms with van der Waals surface area (Å²) in [5.41, 5.74) is 8.72. The Morgan fingerprint density at radius 1 is 0.900 bits per heavy atom. The van der Waals surface area contributed by atoms with Gasteiger partial charge in [-0.15, -0.1) is 0 Å². The lowest BCUT2D eigenvalue weighted by Crippen LogP contribution is -2.11. The van der Waals surface area contributed by atoms with E-state index < -0.39 is 0 Å². The number of nitrogens with one attached hydrogen (secondary N) is 1. The molecule has 3 aromatic carbocycles. The molecule has 0 unspecified atom stereocenters. The van der Waals surface area contributed by atoms with Gasteiger partial charge in [-0.25, -0.2) is 4.98 Å². The molecule has 6 nitrogen and oxygen atoms in total. The maximum absolute atomic E-state index is 6.08. The van der Waals surface area contributed by atoms with Crippen LogP contribution in [0.5, 0.6) is 17.2 Å². The van der Waals surface area contributed by atoms with Crippen LogP contribution in [0.4, 0.5) is 11.5 Å². The summed E-state index contributed by atoms with van der Waals surface area (Å²) in [6.07, 6.45) is 0. The van der Waals surface area contributed by atoms with Crippen LogP contribution in [0.2, 0.25) is 0 Å². The molecule has 0 aliphatic carbocycles. The minimum atomic E-state index is 0.274. The number of anilines is 2. The van der Waals surface area contributed by atoms with E-state index in [4.69, 9.17) is 19.9 Å². The van der Waals surface area contributed by atoms with Crippen LogP contribution in [0, 0.1) is 0 Å². The molecular weight excluding hydrogens is 378 g/mol. The van der Waals surface area contributed by atoms with Crippen LogP contribution < -0.4 is 25.3 Å². The minimum absolute atomic E-state index is 0.274. The number of rotatable bonds is 6. The van der Waals surface area contributed by atoms with Crippen LogP contribution in [0.1, 0.15) is 0 Å². The van der Waals surface area contributed by atoms with E-state index in [1.54, 1.807) is 6.07 Å². The molecule has 0 fully saturated rings. The molecule has 4 aromatic rings. The van der Waals surface area contributed by atoms with Crippen LogP contribution in [0.25, 0.3) is 22.0 Å². The largest absolute Gasteiger partial charge is 0.491 e. The summed E-state index contributed by atoms with van der Waals surface area (Å²) in [6.45, 7) is 1.46. The smallest absolute Gasteiger partial charge is 0.231 e. The van der Waals surface area contributed by atoms with Gasteiger partial charge in [-0.2, -0.15) is 0 Å². The lowest BCUT2D eigenvalue weighted by molar-refractivity contribution is 0.174. The number of hydrogen-bond donors (Lipinski definition) is 2. The molecule has 3 N–H and O–H groups in total. The number of aromatic nitrogens is 1. The number of nitrogens with two attached hydrogens (primary N) is 1. The van der Waals surface area contributed by atoms with Crippen molar-refractivity contribution in [1.29, 1.82) is 0 Å². The summed E-state index contributed by atoms with van der Waals surface area (Å²) in [4.78, 5) is 4.46. The highest BCUT2D eigenvalue weighted by Crippen LogP contribution is 2.35. The fourth-order valence-electron chi connectivity index (χ4n) is 3.58. The van der Waals surface area contributed by atoms with E-state index >= 15 is 0 Å². The Morgan fingerprint density at radius 3 is 2.67 bits per heavy atom. The van der Waals surface area contributed by atoms with Gasteiger partial charge in [-0.05, 0) is 41.8 Å². The quantitative estimate of drug-likeness (QED) is 0.458. The summed E-state index contributed by atoms with van der Waals surface area (Å²) in [6, 6.07) is 23.7. The summed E-state index contributed by atoms with van der Waals surface area (Å²) in [5, 5.41) is 5.48. The Bertz CT molecular complexity index is 1210. The summed E-state index contributed by atoms with van der Waals surface area (Å²) in [7, 11) is 0. The second-order valence-electron chi connectivity index (χ2n) is 6.95. The third-order valence-electron chi connectivity index (χ3n) is 4.99. The molecule has 0 bridgehead atoms. The molecule has 0 atom stereocenters. The maximum atomic E-state index is 6.08. The van der Waals surface area contributed by atoms with Gasteiger partial charge in [0.2, 0.25) is 6.79 Å². The van der Waals surface area contributed by atoms with Gasteiger partial charge in [-0.1, -0.05) is 30.3 Å². The van der Waals surface area contributed by atoms with Crippen molar-refractivity contribution in [3.63, 3.8) is 0 Å². The highest BCUT2D eigenvalue weighted by Gasteiger charge is 2.13. The van der Waals surface area contributed by atoms with Gasteiger partial charge < -0.3 is 25.3 Å². The summed E-state index contributed by atoms with van der Waals surface area (Å²) < 4.78 is 16.8. The number of nitrogens with zero attached hydrogens (tertiary/aromatic N) is 1. The fraction of sp³-hybridized carbons (Fsp3) is 0.125.